The highest BCUT2D eigenvalue weighted by molar-refractivity contribution is 5.74. The first-order valence-electron chi connectivity index (χ1n) is 8.87. The number of rotatable bonds is 5. The van der Waals surface area contributed by atoms with Crippen molar-refractivity contribution in [1.82, 2.24) is 20.0 Å². The molecule has 0 unspecified atom stereocenters. The molecular formula is C18H32N4O. The van der Waals surface area contributed by atoms with E-state index in [1.807, 2.05) is 22.8 Å². The van der Waals surface area contributed by atoms with Gasteiger partial charge in [0.1, 0.15) is 0 Å². The quantitative estimate of drug-likeness (QED) is 0.904. The molecule has 1 aromatic rings. The van der Waals surface area contributed by atoms with Crippen molar-refractivity contribution in [2.75, 3.05) is 13.1 Å². The lowest BCUT2D eigenvalue weighted by molar-refractivity contribution is 0.111. The van der Waals surface area contributed by atoms with E-state index in [0.717, 1.165) is 49.5 Å². The van der Waals surface area contributed by atoms with Gasteiger partial charge in [0.2, 0.25) is 0 Å². The van der Waals surface area contributed by atoms with E-state index in [0.29, 0.717) is 12.0 Å². The average molecular weight is 320 g/mol. The van der Waals surface area contributed by atoms with E-state index in [4.69, 9.17) is 0 Å². The van der Waals surface area contributed by atoms with E-state index in [-0.39, 0.29) is 6.03 Å². The summed E-state index contributed by atoms with van der Waals surface area (Å²) in [7, 11) is 1.92. The molecule has 5 heteroatoms. The van der Waals surface area contributed by atoms with Crippen LogP contribution in [0, 0.1) is 11.3 Å². The van der Waals surface area contributed by atoms with Gasteiger partial charge in [0, 0.05) is 38.4 Å². The van der Waals surface area contributed by atoms with Gasteiger partial charge in [0.15, 0.2) is 0 Å². The van der Waals surface area contributed by atoms with E-state index < -0.39 is 0 Å². The summed E-state index contributed by atoms with van der Waals surface area (Å²) >= 11 is 0. The Morgan fingerprint density at radius 3 is 2.61 bits per heavy atom. The number of carbonyl (C=O) groups is 1. The lowest BCUT2D eigenvalue weighted by Gasteiger charge is -2.40. The summed E-state index contributed by atoms with van der Waals surface area (Å²) in [4.78, 5) is 14.4. The van der Waals surface area contributed by atoms with Gasteiger partial charge in [-0.3, -0.25) is 4.68 Å². The fourth-order valence-electron chi connectivity index (χ4n) is 3.75. The van der Waals surface area contributed by atoms with Gasteiger partial charge in [-0.25, -0.2) is 4.79 Å². The van der Waals surface area contributed by atoms with Crippen LogP contribution in [0.2, 0.25) is 0 Å². The molecule has 5 nitrogen and oxygen atoms in total. The van der Waals surface area contributed by atoms with Crippen LogP contribution in [0.5, 0.6) is 0 Å². The highest BCUT2D eigenvalue weighted by Gasteiger charge is 2.32. The number of nitrogens with one attached hydrogen (secondary N) is 1. The maximum absolute atomic E-state index is 12.4. The number of carbonyl (C=O) groups excluding carboxylic acids is 1. The summed E-state index contributed by atoms with van der Waals surface area (Å²) < 4.78 is 1.82. The van der Waals surface area contributed by atoms with Gasteiger partial charge in [-0.2, -0.15) is 5.10 Å². The fraction of sp³-hybridized carbons (Fsp3) is 0.778. The van der Waals surface area contributed by atoms with Crippen LogP contribution in [0.25, 0.3) is 0 Å². The fourth-order valence-corrected chi connectivity index (χ4v) is 3.75. The third-order valence-electron chi connectivity index (χ3n) is 4.92. The predicted molar refractivity (Wildman–Crippen MR) is 93.2 cm³/mol. The molecule has 0 radical (unpaired) electrons. The van der Waals surface area contributed by atoms with Crippen LogP contribution in [0.15, 0.2) is 6.20 Å². The first kappa shape index (κ1) is 17.8. The summed E-state index contributed by atoms with van der Waals surface area (Å²) in [5.74, 6) is 0.721. The molecule has 0 aliphatic carbocycles. The number of hydrogen-bond donors (Lipinski definition) is 1. The zero-order valence-electron chi connectivity index (χ0n) is 15.4. The molecule has 1 N–H and O–H groups in total. The van der Waals surface area contributed by atoms with Crippen molar-refractivity contribution in [1.29, 1.82) is 0 Å². The van der Waals surface area contributed by atoms with Crippen molar-refractivity contribution in [3.05, 3.63) is 17.5 Å². The lowest BCUT2D eigenvalue weighted by Crippen LogP contribution is -2.46. The Morgan fingerprint density at radius 2 is 2.04 bits per heavy atom. The minimum Gasteiger partial charge on any atom is -0.334 e. The molecule has 2 heterocycles. The van der Waals surface area contributed by atoms with Crippen LogP contribution in [0.3, 0.4) is 0 Å². The number of piperidine rings is 1. The second kappa shape index (κ2) is 7.37. The van der Waals surface area contributed by atoms with Gasteiger partial charge >= 0.3 is 6.03 Å². The number of aryl methyl sites for hydroxylation is 2. The highest BCUT2D eigenvalue weighted by Crippen LogP contribution is 2.36. The molecule has 23 heavy (non-hydrogen) atoms. The molecule has 1 aliphatic rings. The topological polar surface area (TPSA) is 50.2 Å². The zero-order valence-corrected chi connectivity index (χ0v) is 15.4. The van der Waals surface area contributed by atoms with Crippen molar-refractivity contribution in [3.8, 4) is 0 Å². The first-order valence-corrected chi connectivity index (χ1v) is 8.87. The average Bonchev–Trinajstić information content (AvgIpc) is 2.84. The van der Waals surface area contributed by atoms with Crippen LogP contribution < -0.4 is 5.32 Å². The minimum atomic E-state index is 0.0579. The van der Waals surface area contributed by atoms with Gasteiger partial charge in [0.25, 0.3) is 0 Å². The van der Waals surface area contributed by atoms with Crippen LogP contribution in [0.1, 0.15) is 58.2 Å². The molecule has 2 amide bonds. The summed E-state index contributed by atoms with van der Waals surface area (Å²) in [6, 6.07) is 0.0579. The number of amides is 2. The summed E-state index contributed by atoms with van der Waals surface area (Å²) in [6.07, 6.45) is 6.34. The molecule has 2 rings (SSSR count). The maximum Gasteiger partial charge on any atom is 0.317 e. The standard InChI is InChI=1S/C18H32N4O/c1-6-16-15(13-21(5)20-16)12-19-17(23)22-9-7-18(4,8-10-22)11-14(2)3/h13-14H,6-12H2,1-5H3,(H,19,23). The van der Waals surface area contributed by atoms with Gasteiger partial charge in [0.05, 0.1) is 5.69 Å². The van der Waals surface area contributed by atoms with E-state index in [9.17, 15) is 4.79 Å². The number of likely N-dealkylation sites (tertiary alicyclic amines) is 1. The molecule has 1 fully saturated rings. The lowest BCUT2D eigenvalue weighted by atomic mass is 9.74. The van der Waals surface area contributed by atoms with E-state index in [1.54, 1.807) is 0 Å². The summed E-state index contributed by atoms with van der Waals surface area (Å²) in [5.41, 5.74) is 2.57. The number of hydrogen-bond acceptors (Lipinski definition) is 2. The Morgan fingerprint density at radius 1 is 1.39 bits per heavy atom. The molecule has 0 spiro atoms. The number of urea groups is 1. The Hall–Kier alpha value is -1.52. The van der Waals surface area contributed by atoms with Crippen molar-refractivity contribution in [2.24, 2.45) is 18.4 Å². The van der Waals surface area contributed by atoms with Gasteiger partial charge in [-0.1, -0.05) is 27.7 Å². The molecule has 0 aromatic carbocycles. The highest BCUT2D eigenvalue weighted by atomic mass is 16.2. The number of nitrogens with zero attached hydrogens (tertiary/aromatic N) is 3. The largest absolute Gasteiger partial charge is 0.334 e. The molecule has 0 saturated carbocycles. The van der Waals surface area contributed by atoms with Crippen molar-refractivity contribution < 1.29 is 4.79 Å². The van der Waals surface area contributed by atoms with Crippen LogP contribution in [-0.2, 0) is 20.0 Å². The van der Waals surface area contributed by atoms with Crippen molar-refractivity contribution >= 4 is 6.03 Å². The van der Waals surface area contributed by atoms with Crippen molar-refractivity contribution in [2.45, 2.75) is 59.9 Å². The molecule has 1 aliphatic heterocycles. The maximum atomic E-state index is 12.4. The molecule has 130 valence electrons. The van der Waals surface area contributed by atoms with Crippen molar-refractivity contribution in [3.63, 3.8) is 0 Å². The molecule has 1 aromatic heterocycles. The minimum absolute atomic E-state index is 0.0579. The number of aromatic nitrogens is 2. The second-order valence-electron chi connectivity index (χ2n) is 7.68. The molecule has 0 atom stereocenters. The van der Waals surface area contributed by atoms with Gasteiger partial charge < -0.3 is 10.2 Å². The smallest absolute Gasteiger partial charge is 0.317 e. The zero-order chi connectivity index (χ0) is 17.0. The van der Waals surface area contributed by atoms with Crippen LogP contribution >= 0.6 is 0 Å². The van der Waals surface area contributed by atoms with E-state index in [1.165, 1.54) is 6.42 Å². The van der Waals surface area contributed by atoms with Gasteiger partial charge in [-0.15, -0.1) is 0 Å². The van der Waals surface area contributed by atoms with E-state index >= 15 is 0 Å². The third-order valence-corrected chi connectivity index (χ3v) is 4.92. The third kappa shape index (κ3) is 4.72. The molecular weight excluding hydrogens is 288 g/mol. The predicted octanol–water partition coefficient (Wildman–Crippen LogP) is 3.34. The molecule has 1 saturated heterocycles. The molecule has 0 bridgehead atoms. The normalized spacial score (nSPS) is 17.6. The Kier molecular flexibility index (Phi) is 5.71. The second-order valence-corrected chi connectivity index (χ2v) is 7.68. The SMILES string of the molecule is CCc1nn(C)cc1CNC(=O)N1CCC(C)(CC(C)C)CC1. The summed E-state index contributed by atoms with van der Waals surface area (Å²) in [6.45, 7) is 11.3. The Bertz CT molecular complexity index is 527. The van der Waals surface area contributed by atoms with Gasteiger partial charge in [-0.05, 0) is 37.0 Å². The summed E-state index contributed by atoms with van der Waals surface area (Å²) in [5, 5.41) is 7.48. The first-order chi connectivity index (χ1) is 10.8. The van der Waals surface area contributed by atoms with E-state index in [2.05, 4.69) is 38.1 Å². The van der Waals surface area contributed by atoms with Crippen LogP contribution in [0.4, 0.5) is 4.79 Å². The Labute approximate surface area is 140 Å². The monoisotopic (exact) mass is 320 g/mol. The van der Waals surface area contributed by atoms with Crippen LogP contribution in [-0.4, -0.2) is 33.8 Å². The Balaban J connectivity index is 1.83.